The van der Waals surface area contributed by atoms with Crippen molar-refractivity contribution in [3.05, 3.63) is 526 Å². The van der Waals surface area contributed by atoms with Crippen molar-refractivity contribution in [1.29, 1.82) is 0 Å². The Morgan fingerprint density at radius 3 is 0.972 bits per heavy atom. The highest BCUT2D eigenvalue weighted by Crippen LogP contribution is 2.56. The van der Waals surface area contributed by atoms with Gasteiger partial charge in [-0.25, -0.2) is 0 Å². The number of benzene rings is 23. The minimum absolute atomic E-state index is 0. The van der Waals surface area contributed by atoms with Crippen molar-refractivity contribution in [2.24, 2.45) is 0 Å². The summed E-state index contributed by atoms with van der Waals surface area (Å²) >= 11 is 0. The molecule has 0 saturated heterocycles. The average Bonchev–Trinajstić information content (AvgIpc) is 1.58. The number of para-hydroxylation sites is 4. The lowest BCUT2D eigenvalue weighted by atomic mass is 9.81. The molecule has 25 aromatic rings. The summed E-state index contributed by atoms with van der Waals surface area (Å²) in [5.74, 6) is 0. The van der Waals surface area contributed by atoms with E-state index in [4.69, 9.17) is 4.42 Å². The fourth-order valence-corrected chi connectivity index (χ4v) is 22.7. The summed E-state index contributed by atoms with van der Waals surface area (Å²) in [5, 5.41) is 15.0. The molecule has 141 heavy (non-hydrogen) atoms. The van der Waals surface area contributed by atoms with Crippen LogP contribution in [0, 0.1) is 0 Å². The minimum Gasteiger partial charge on any atom is -0.455 e. The molecule has 0 atom stereocenters. The van der Waals surface area contributed by atoms with Gasteiger partial charge in [-0.05, 0) is 292 Å². The van der Waals surface area contributed by atoms with Gasteiger partial charge in [-0.3, -0.25) is 0 Å². The summed E-state index contributed by atoms with van der Waals surface area (Å²) in [7, 11) is 0. The van der Waals surface area contributed by atoms with Crippen LogP contribution in [0.5, 0.6) is 0 Å². The minimum atomic E-state index is -0.239. The SMILES string of the molecule is C.CC1(C)c2cc(-c3cccc4ccc5ccccc5c34)ccc2-c2ccc(N(c3ccc(-c4ccc(-c5ccccc5)cc4)cc3)c3ccc(-c4ccc5c(c4)c4ccccc4n5-c4ccccc4)cc3)cc21.CC1(C)c2cc(-c3cccc4ccc5ccccc5c34)ccc2-c2ccc(N(c3ccc(-c4ccc(-c5ccccc5)cc4)cc3)c3ccc(-c4cccc5c4oc4ccccc45)cc3)cc21. The number of rotatable bonds is 15. The lowest BCUT2D eigenvalue weighted by Crippen LogP contribution is -2.16. The highest BCUT2D eigenvalue weighted by Gasteiger charge is 2.39. The summed E-state index contributed by atoms with van der Waals surface area (Å²) in [6.45, 7) is 9.57. The molecule has 668 valence electrons. The zero-order valence-corrected chi connectivity index (χ0v) is 78.2. The van der Waals surface area contributed by atoms with Crippen LogP contribution in [0.2, 0.25) is 0 Å². The Balaban J connectivity index is 0.000000148. The van der Waals surface area contributed by atoms with Gasteiger partial charge in [0.2, 0.25) is 0 Å². The Kier molecular flexibility index (Phi) is 20.8. The van der Waals surface area contributed by atoms with Crippen LogP contribution in [-0.2, 0) is 10.8 Å². The van der Waals surface area contributed by atoms with Gasteiger partial charge in [0, 0.05) is 77.8 Å². The smallest absolute Gasteiger partial charge is 0.143 e. The first-order chi connectivity index (χ1) is 68.9. The van der Waals surface area contributed by atoms with E-state index < -0.39 is 0 Å². The first-order valence-electron chi connectivity index (χ1n) is 48.6. The normalized spacial score (nSPS) is 12.6. The van der Waals surface area contributed by atoms with Crippen LogP contribution < -0.4 is 9.80 Å². The third kappa shape index (κ3) is 14.7. The number of aromatic nitrogens is 1. The van der Waals surface area contributed by atoms with Gasteiger partial charge in [0.15, 0.2) is 0 Å². The molecule has 4 nitrogen and oxygen atoms in total. The predicted molar refractivity (Wildman–Crippen MR) is 599 cm³/mol. The second-order valence-electron chi connectivity index (χ2n) is 38.6. The molecule has 0 aliphatic heterocycles. The Morgan fingerprint density at radius 2 is 0.504 bits per heavy atom. The molecule has 2 heterocycles. The van der Waals surface area contributed by atoms with E-state index >= 15 is 0 Å². The van der Waals surface area contributed by atoms with Crippen LogP contribution in [0.4, 0.5) is 34.1 Å². The summed E-state index contributed by atoms with van der Waals surface area (Å²) in [6.07, 6.45) is 0. The van der Waals surface area contributed by atoms with Crippen molar-refractivity contribution in [2.75, 3.05) is 9.80 Å². The molecule has 23 aromatic carbocycles. The van der Waals surface area contributed by atoms with E-state index in [2.05, 4.69) is 533 Å². The van der Waals surface area contributed by atoms with E-state index in [0.717, 1.165) is 67.2 Å². The van der Waals surface area contributed by atoms with Crippen molar-refractivity contribution in [1.82, 2.24) is 4.57 Å². The van der Waals surface area contributed by atoms with Crippen LogP contribution in [-0.4, -0.2) is 4.57 Å². The summed E-state index contributed by atoms with van der Waals surface area (Å²) < 4.78 is 8.86. The monoisotopic (exact) mass is 1800 g/mol. The fraction of sp³-hybridized carbons (Fsp3) is 0.0511. The maximum atomic E-state index is 6.48. The molecule has 0 amide bonds. The quantitative estimate of drug-likeness (QED) is 0.0956. The summed E-state index contributed by atoms with van der Waals surface area (Å²) in [6, 6.07) is 185. The third-order valence-electron chi connectivity index (χ3n) is 29.9. The lowest BCUT2D eigenvalue weighted by molar-refractivity contribution is 0.660. The molecule has 0 fully saturated rings. The van der Waals surface area contributed by atoms with Crippen molar-refractivity contribution in [3.8, 4) is 117 Å². The highest BCUT2D eigenvalue weighted by molar-refractivity contribution is 6.17. The second-order valence-corrected chi connectivity index (χ2v) is 38.6. The van der Waals surface area contributed by atoms with Crippen LogP contribution in [0.3, 0.4) is 0 Å². The Bertz CT molecular complexity index is 9170. The third-order valence-corrected chi connectivity index (χ3v) is 29.9. The number of anilines is 6. The first kappa shape index (κ1) is 85.0. The Morgan fingerprint density at radius 1 is 0.191 bits per heavy atom. The fourth-order valence-electron chi connectivity index (χ4n) is 22.7. The van der Waals surface area contributed by atoms with Gasteiger partial charge >= 0.3 is 0 Å². The molecule has 0 spiro atoms. The van der Waals surface area contributed by atoms with Crippen LogP contribution >= 0.6 is 0 Å². The molecule has 0 bridgehead atoms. The van der Waals surface area contributed by atoms with Crippen molar-refractivity contribution < 1.29 is 4.42 Å². The summed E-state index contributed by atoms with van der Waals surface area (Å²) in [5.41, 5.74) is 41.4. The largest absolute Gasteiger partial charge is 0.455 e. The van der Waals surface area contributed by atoms with E-state index in [0.29, 0.717) is 0 Å². The first-order valence-corrected chi connectivity index (χ1v) is 48.6. The van der Waals surface area contributed by atoms with Gasteiger partial charge in [-0.1, -0.05) is 417 Å². The van der Waals surface area contributed by atoms with Gasteiger partial charge in [-0.15, -0.1) is 0 Å². The number of fused-ring (bicyclic) bond motifs is 18. The Hall–Kier alpha value is -17.7. The topological polar surface area (TPSA) is 24.6 Å². The van der Waals surface area contributed by atoms with Crippen LogP contribution in [0.25, 0.3) is 204 Å². The molecule has 0 unspecified atom stereocenters. The van der Waals surface area contributed by atoms with E-state index in [9.17, 15) is 0 Å². The van der Waals surface area contributed by atoms with Gasteiger partial charge in [0.25, 0.3) is 0 Å². The number of nitrogens with zero attached hydrogens (tertiary/aromatic N) is 3. The standard InChI is InChI=1S/C71H50N2.C65H45NO.CH4/c1-71(2)66-45-55(61-22-13-17-53-29-28-52-16-9-10-20-60(52)70(53)61)34-41-62(66)63-42-40-59(46-67(63)71)72(57-36-30-50(31-37-57)49-26-24-48(25-27-49)47-14-5-3-6-15-47)58-38-32-51(33-39-58)54-35-43-69-65(44-54)64-21-11-12-23-68(64)73(69)56-18-7-4-8-19-56;1-65(2)60-40-49(54-18-10-15-48-27-26-46-14-6-7-16-53(46)63(48)54)32-38-56(60)57-39-37-52(41-61(57)65)66(50-33-28-45(29-34-50)44-24-22-43(23-25-44)42-12-4-3-5-13-42)51-35-30-47(31-36-51)55-19-11-20-59-58-17-8-9-21-62(58)67-64(55)59;/h3-46H,1-2H3;3-41H,1-2H3;1H4. The van der Waals surface area contributed by atoms with E-state index in [1.165, 1.54) is 193 Å². The maximum absolute atomic E-state index is 6.48. The molecular weight excluding hydrogens is 1700 g/mol. The maximum Gasteiger partial charge on any atom is 0.143 e. The molecule has 0 N–H and O–H groups in total. The van der Waals surface area contributed by atoms with E-state index in [1.54, 1.807) is 0 Å². The molecular formula is C137H99N3O. The predicted octanol–water partition coefficient (Wildman–Crippen LogP) is 38.5. The molecule has 0 radical (unpaired) electrons. The molecule has 2 aromatic heterocycles. The average molecular weight is 1800 g/mol. The molecule has 0 saturated carbocycles. The van der Waals surface area contributed by atoms with Crippen molar-refractivity contribution in [2.45, 2.75) is 46.0 Å². The van der Waals surface area contributed by atoms with E-state index in [-0.39, 0.29) is 18.3 Å². The number of hydrogen-bond acceptors (Lipinski definition) is 3. The molecule has 2 aliphatic rings. The van der Waals surface area contributed by atoms with Crippen LogP contribution in [0.1, 0.15) is 57.4 Å². The zero-order valence-electron chi connectivity index (χ0n) is 78.2. The number of hydrogen-bond donors (Lipinski definition) is 0. The van der Waals surface area contributed by atoms with E-state index in [1.807, 2.05) is 12.1 Å². The molecule has 2 aliphatic carbocycles. The second kappa shape index (κ2) is 34.5. The zero-order chi connectivity index (χ0) is 93.3. The highest BCUT2D eigenvalue weighted by atomic mass is 16.3. The van der Waals surface area contributed by atoms with Gasteiger partial charge in [0.1, 0.15) is 11.2 Å². The van der Waals surface area contributed by atoms with Gasteiger partial charge in [-0.2, -0.15) is 0 Å². The van der Waals surface area contributed by atoms with Crippen molar-refractivity contribution >= 4 is 121 Å². The lowest BCUT2D eigenvalue weighted by Gasteiger charge is -2.28. The summed E-state index contributed by atoms with van der Waals surface area (Å²) in [4.78, 5) is 4.83. The molecule has 27 rings (SSSR count). The van der Waals surface area contributed by atoms with Gasteiger partial charge in [0.05, 0.1) is 11.0 Å². The molecule has 4 heteroatoms. The van der Waals surface area contributed by atoms with Crippen molar-refractivity contribution in [3.63, 3.8) is 0 Å². The van der Waals surface area contributed by atoms with Crippen LogP contribution in [0.15, 0.2) is 508 Å². The number of furan rings is 1. The van der Waals surface area contributed by atoms with Gasteiger partial charge < -0.3 is 18.8 Å². The Labute approximate surface area is 822 Å².